The largest absolute Gasteiger partial charge is 2.00 e. The third kappa shape index (κ3) is 10.6. The van der Waals surface area contributed by atoms with Crippen molar-refractivity contribution in [3.63, 3.8) is 0 Å². The fourth-order valence-electron chi connectivity index (χ4n) is 0.668. The maximum atomic E-state index is 10.1. The van der Waals surface area contributed by atoms with Gasteiger partial charge in [-0.15, -0.1) is 0 Å². The number of aliphatic carboxylic acids is 1. The number of carbonyl (C=O) groups is 1. The number of carboxylic acid groups (broad SMARTS) is 1. The Morgan fingerprint density at radius 1 is 1.06 bits per heavy atom. The van der Waals surface area contributed by atoms with Gasteiger partial charge >= 0.3 is 35.5 Å². The molecule has 11 heteroatoms. The van der Waals surface area contributed by atoms with Crippen LogP contribution in [0, 0.1) is 0 Å². The van der Waals surface area contributed by atoms with Gasteiger partial charge in [-0.3, -0.25) is 0 Å². The first kappa shape index (κ1) is 30.8. The third-order valence-electron chi connectivity index (χ3n) is 1.51. The minimum atomic E-state index is -2.20. The van der Waals surface area contributed by atoms with Crippen LogP contribution in [-0.2, 0) is 10.3 Å². The van der Waals surface area contributed by atoms with Gasteiger partial charge in [-0.25, -0.2) is 4.79 Å². The van der Waals surface area contributed by atoms with Crippen molar-refractivity contribution >= 4 is 30.4 Å². The summed E-state index contributed by atoms with van der Waals surface area (Å²) in [6, 6.07) is 0. The fraction of sp³-hybridized carbons (Fsp3) is 0.833. The maximum absolute atomic E-state index is 10.1. The minimum Gasteiger partial charge on any atom is -2.00 e. The normalized spacial score (nSPS) is 15.6. The van der Waals surface area contributed by atoms with Crippen LogP contribution in [0.1, 0.15) is 0 Å². The van der Waals surface area contributed by atoms with Gasteiger partial charge in [0, 0.05) is 24.4 Å². The molecule has 0 saturated carbocycles. The maximum Gasteiger partial charge on any atom is 1.00 e. The molecule has 9 nitrogen and oxygen atoms in total. The predicted octanol–water partition coefficient (Wildman–Crippen LogP) is -7.17. The number of rotatable bonds is 5. The number of carboxylic acids is 1. The third-order valence-corrected chi connectivity index (χ3v) is 1.51. The van der Waals surface area contributed by atoms with E-state index < -0.39 is 37.0 Å². The molecule has 0 aliphatic carbocycles. The summed E-state index contributed by atoms with van der Waals surface area (Å²) in [5.41, 5.74) is 0. The number of hydrogen-bond donors (Lipinski definition) is 6. The van der Waals surface area contributed by atoms with Crippen molar-refractivity contribution in [3.05, 3.63) is 0 Å². The molecular formula is C6H13NaO9Sb-2. The van der Waals surface area contributed by atoms with E-state index in [1.54, 1.807) is 0 Å². The molecule has 0 aliphatic rings. The molecule has 0 aromatic rings. The first-order chi connectivity index (χ1) is 5.91. The Morgan fingerprint density at radius 2 is 1.41 bits per heavy atom. The van der Waals surface area contributed by atoms with Gasteiger partial charge in [-0.2, -0.15) is 0 Å². The average molecular weight is 374 g/mol. The zero-order chi connectivity index (χ0) is 10.6. The van der Waals surface area contributed by atoms with Gasteiger partial charge in [0.25, 0.3) is 0 Å². The Hall–Kier alpha value is 1.01. The smallest absolute Gasteiger partial charge is 1.00 e. The monoisotopic (exact) mass is 373 g/mol. The average Bonchev–Trinajstić information content (AvgIpc) is 2.12. The molecule has 0 aliphatic heterocycles. The van der Waals surface area contributed by atoms with Crippen LogP contribution >= 0.6 is 0 Å². The van der Waals surface area contributed by atoms with Gasteiger partial charge in [0.05, 0.1) is 6.61 Å². The molecule has 7 N–H and O–H groups in total. The summed E-state index contributed by atoms with van der Waals surface area (Å²) in [6.45, 7) is -0.843. The van der Waals surface area contributed by atoms with E-state index in [-0.39, 0.29) is 64.9 Å². The molecular weight excluding hydrogens is 361 g/mol. The van der Waals surface area contributed by atoms with Crippen molar-refractivity contribution in [1.82, 2.24) is 0 Å². The molecule has 3 radical (unpaired) electrons. The van der Waals surface area contributed by atoms with Gasteiger partial charge in [-0.05, 0) is 0 Å². The molecule has 0 amide bonds. The summed E-state index contributed by atoms with van der Waals surface area (Å²) in [7, 11) is 0. The molecule has 99 valence electrons. The molecule has 4 atom stereocenters. The summed E-state index contributed by atoms with van der Waals surface area (Å²) >= 11 is 0. The van der Waals surface area contributed by atoms with Crippen molar-refractivity contribution < 1.29 is 75.9 Å². The van der Waals surface area contributed by atoms with Crippen LogP contribution in [0.5, 0.6) is 0 Å². The Bertz CT molecular complexity index is 183. The van der Waals surface area contributed by atoms with E-state index in [9.17, 15) is 4.79 Å². The van der Waals surface area contributed by atoms with Gasteiger partial charge in [0.15, 0.2) is 6.10 Å². The van der Waals surface area contributed by atoms with E-state index in [2.05, 4.69) is 0 Å². The van der Waals surface area contributed by atoms with E-state index in [0.29, 0.717) is 0 Å². The molecule has 0 aromatic carbocycles. The van der Waals surface area contributed by atoms with Crippen LogP contribution < -0.4 is 29.6 Å². The topological polar surface area (TPSA) is 197 Å². The zero-order valence-electron chi connectivity index (χ0n) is 8.91. The van der Waals surface area contributed by atoms with Crippen molar-refractivity contribution in [2.24, 2.45) is 0 Å². The van der Waals surface area contributed by atoms with E-state index >= 15 is 0 Å². The van der Waals surface area contributed by atoms with Crippen molar-refractivity contribution in [2.75, 3.05) is 6.61 Å². The van der Waals surface area contributed by atoms with Crippen LogP contribution in [0.25, 0.3) is 0 Å². The Balaban J connectivity index is -0.000000120. The van der Waals surface area contributed by atoms with Crippen LogP contribution in [0.3, 0.4) is 0 Å². The molecule has 0 aromatic heterocycles. The minimum absolute atomic E-state index is 0. The molecule has 4 unspecified atom stereocenters. The molecule has 17 heavy (non-hydrogen) atoms. The quantitative estimate of drug-likeness (QED) is 0.255. The Morgan fingerprint density at radius 3 is 1.65 bits per heavy atom. The van der Waals surface area contributed by atoms with Crippen molar-refractivity contribution in [2.45, 2.75) is 24.4 Å². The van der Waals surface area contributed by atoms with E-state index in [0.717, 1.165) is 0 Å². The van der Waals surface area contributed by atoms with Crippen molar-refractivity contribution in [1.29, 1.82) is 0 Å². The summed E-state index contributed by atoms with van der Waals surface area (Å²) in [5, 5.41) is 51.8. The van der Waals surface area contributed by atoms with Crippen LogP contribution in [0.4, 0.5) is 0 Å². The number of hydrogen-bond acceptors (Lipinski definition) is 7. The van der Waals surface area contributed by atoms with E-state index in [1.165, 1.54) is 0 Å². The number of aliphatic hydroxyl groups excluding tert-OH is 5. The van der Waals surface area contributed by atoms with Crippen LogP contribution in [0.15, 0.2) is 0 Å². The molecule has 0 bridgehead atoms. The Labute approximate surface area is 136 Å². The molecule has 0 rings (SSSR count). The van der Waals surface area contributed by atoms with Gasteiger partial charge < -0.3 is 41.6 Å². The summed E-state index contributed by atoms with van der Waals surface area (Å²) in [6.07, 6.45) is -7.84. The number of aliphatic hydroxyl groups is 5. The zero-order valence-corrected chi connectivity index (χ0v) is 13.5. The van der Waals surface area contributed by atoms with Gasteiger partial charge in [0.2, 0.25) is 0 Å². The molecule has 0 spiro atoms. The van der Waals surface area contributed by atoms with Crippen LogP contribution in [0.2, 0.25) is 0 Å². The summed E-state index contributed by atoms with van der Waals surface area (Å²) in [4.78, 5) is 10.1. The second-order valence-electron chi connectivity index (χ2n) is 2.51. The van der Waals surface area contributed by atoms with E-state index in [1.807, 2.05) is 0 Å². The summed E-state index contributed by atoms with van der Waals surface area (Å²) < 4.78 is 0. The SMILES string of the molecule is O=C(O)C(O)C(O)C(O)C(O)CO.[Na+].[O-2].[OH-].[Sb]. The van der Waals surface area contributed by atoms with Gasteiger partial charge in [0.1, 0.15) is 18.3 Å². The fourth-order valence-corrected chi connectivity index (χ4v) is 0.668. The summed E-state index contributed by atoms with van der Waals surface area (Å²) in [5.74, 6) is -1.73. The van der Waals surface area contributed by atoms with Crippen LogP contribution in [-0.4, -0.2) is 97.5 Å². The second-order valence-corrected chi connectivity index (χ2v) is 2.51. The van der Waals surface area contributed by atoms with Crippen molar-refractivity contribution in [3.8, 4) is 0 Å². The Kier molecular flexibility index (Phi) is 27.3. The predicted molar refractivity (Wildman–Crippen MR) is 47.1 cm³/mol. The molecule has 0 saturated heterocycles. The van der Waals surface area contributed by atoms with E-state index in [4.69, 9.17) is 30.6 Å². The first-order valence-electron chi connectivity index (χ1n) is 3.47. The van der Waals surface area contributed by atoms with Gasteiger partial charge in [-0.1, -0.05) is 0 Å². The first-order valence-corrected chi connectivity index (χ1v) is 3.47. The molecule has 0 heterocycles. The second kappa shape index (κ2) is 15.1. The standard InChI is InChI=1S/C6H12O7.Na.H2O.O.Sb/c7-1-2(8)3(9)4(10)5(11)6(12)13;;;;/h2-5,7-11H,1H2,(H,12,13);;1H2;;/q;+1;;-2;/p-1. The molecule has 0 fully saturated rings.